The average molecular weight is 242 g/mol. The molecule has 2 aliphatic heterocycles. The van der Waals surface area contributed by atoms with Gasteiger partial charge in [-0.3, -0.25) is 9.63 Å². The first-order valence-corrected chi connectivity index (χ1v) is 6.23. The molecule has 1 spiro atoms. The topological polar surface area (TPSA) is 68.8 Å². The van der Waals surface area contributed by atoms with Gasteiger partial charge >= 0.3 is 0 Å². The monoisotopic (exact) mass is 242 g/mol. The first-order valence-electron chi connectivity index (χ1n) is 6.23. The lowest BCUT2D eigenvalue weighted by Crippen LogP contribution is -2.48. The Bertz CT molecular complexity index is 294. The van der Waals surface area contributed by atoms with Crippen LogP contribution in [0.25, 0.3) is 0 Å². The second-order valence-corrected chi connectivity index (χ2v) is 4.88. The van der Waals surface area contributed by atoms with Crippen LogP contribution in [0, 0.1) is 0 Å². The van der Waals surface area contributed by atoms with Gasteiger partial charge in [-0.25, -0.2) is 5.48 Å². The van der Waals surface area contributed by atoms with Crippen LogP contribution in [0.5, 0.6) is 0 Å². The predicted molar refractivity (Wildman–Crippen MR) is 57.9 cm³/mol. The Labute approximate surface area is 99.9 Å². The number of hydroxylamine groups is 1. The molecule has 0 aromatic heterocycles. The Balaban J connectivity index is 1.49. The maximum atomic E-state index is 11.3. The summed E-state index contributed by atoms with van der Waals surface area (Å²) in [4.78, 5) is 16.2. The fourth-order valence-corrected chi connectivity index (χ4v) is 2.76. The minimum atomic E-state index is -0.327. The number of ether oxygens (including phenoxy) is 2. The lowest BCUT2D eigenvalue weighted by Gasteiger charge is -2.36. The molecular weight excluding hydrogens is 224 g/mol. The summed E-state index contributed by atoms with van der Waals surface area (Å²) in [5.74, 6) is -0.397. The summed E-state index contributed by atoms with van der Waals surface area (Å²) in [6, 6.07) is 0.144. The van der Waals surface area contributed by atoms with Crippen LogP contribution in [0.4, 0.5) is 0 Å². The fourth-order valence-electron chi connectivity index (χ4n) is 2.76. The molecule has 0 radical (unpaired) electrons. The van der Waals surface area contributed by atoms with Gasteiger partial charge in [0.05, 0.1) is 19.8 Å². The van der Waals surface area contributed by atoms with Crippen LogP contribution in [0.3, 0.4) is 0 Å². The van der Waals surface area contributed by atoms with E-state index in [-0.39, 0.29) is 17.7 Å². The Morgan fingerprint density at radius 2 is 1.94 bits per heavy atom. The first kappa shape index (κ1) is 11.4. The SMILES string of the molecule is O=C1NOCC1NC1CCC2(CC1)OCCO2. The van der Waals surface area contributed by atoms with E-state index in [1.807, 2.05) is 0 Å². The molecule has 0 aromatic rings. The molecule has 6 heteroatoms. The van der Waals surface area contributed by atoms with Crippen LogP contribution in [0.2, 0.25) is 0 Å². The van der Waals surface area contributed by atoms with E-state index in [1.165, 1.54) is 0 Å². The highest BCUT2D eigenvalue weighted by molar-refractivity contribution is 5.82. The van der Waals surface area contributed by atoms with E-state index in [9.17, 15) is 4.79 Å². The highest BCUT2D eigenvalue weighted by Crippen LogP contribution is 2.35. The summed E-state index contributed by atoms with van der Waals surface area (Å²) in [6.45, 7) is 1.82. The normalized spacial score (nSPS) is 33.2. The number of hydrogen-bond acceptors (Lipinski definition) is 5. The molecule has 2 N–H and O–H groups in total. The van der Waals surface area contributed by atoms with E-state index in [0.29, 0.717) is 25.9 Å². The summed E-state index contributed by atoms with van der Waals surface area (Å²) in [7, 11) is 0. The summed E-state index contributed by atoms with van der Waals surface area (Å²) < 4.78 is 11.3. The van der Waals surface area contributed by atoms with Gasteiger partial charge in [0, 0.05) is 18.9 Å². The molecule has 2 heterocycles. The van der Waals surface area contributed by atoms with Crippen LogP contribution in [0.15, 0.2) is 0 Å². The van der Waals surface area contributed by atoms with Gasteiger partial charge in [-0.15, -0.1) is 0 Å². The summed E-state index contributed by atoms with van der Waals surface area (Å²) in [5, 5.41) is 3.33. The van der Waals surface area contributed by atoms with Crippen molar-refractivity contribution >= 4 is 5.91 Å². The molecule has 0 aromatic carbocycles. The minimum absolute atomic E-state index is 0.0707. The summed E-state index contributed by atoms with van der Waals surface area (Å²) >= 11 is 0. The van der Waals surface area contributed by atoms with Crippen LogP contribution < -0.4 is 10.8 Å². The van der Waals surface area contributed by atoms with Gasteiger partial charge in [0.2, 0.25) is 0 Å². The zero-order valence-corrected chi connectivity index (χ0v) is 9.74. The molecule has 3 aliphatic rings. The zero-order valence-electron chi connectivity index (χ0n) is 9.74. The van der Waals surface area contributed by atoms with Gasteiger partial charge in [0.1, 0.15) is 6.04 Å². The third-order valence-corrected chi connectivity index (χ3v) is 3.74. The Kier molecular flexibility index (Phi) is 3.04. The van der Waals surface area contributed by atoms with E-state index in [1.54, 1.807) is 0 Å². The number of rotatable bonds is 2. The van der Waals surface area contributed by atoms with Gasteiger partial charge in [0.15, 0.2) is 5.79 Å². The molecule has 1 saturated carbocycles. The fraction of sp³-hybridized carbons (Fsp3) is 0.909. The molecule has 3 rings (SSSR count). The third-order valence-electron chi connectivity index (χ3n) is 3.74. The van der Waals surface area contributed by atoms with E-state index >= 15 is 0 Å². The van der Waals surface area contributed by atoms with Crippen molar-refractivity contribution in [2.24, 2.45) is 0 Å². The van der Waals surface area contributed by atoms with E-state index in [4.69, 9.17) is 14.3 Å². The number of hydrogen-bond donors (Lipinski definition) is 2. The lowest BCUT2D eigenvalue weighted by atomic mass is 9.89. The van der Waals surface area contributed by atoms with Crippen molar-refractivity contribution < 1.29 is 19.1 Å². The minimum Gasteiger partial charge on any atom is -0.348 e. The second-order valence-electron chi connectivity index (χ2n) is 4.88. The number of carbonyl (C=O) groups excluding carboxylic acids is 1. The summed E-state index contributed by atoms with van der Waals surface area (Å²) in [5.41, 5.74) is 2.36. The van der Waals surface area contributed by atoms with Crippen LogP contribution in [-0.2, 0) is 19.1 Å². The van der Waals surface area contributed by atoms with Crippen LogP contribution in [0.1, 0.15) is 25.7 Å². The van der Waals surface area contributed by atoms with Crippen molar-refractivity contribution in [1.82, 2.24) is 10.8 Å². The lowest BCUT2D eigenvalue weighted by molar-refractivity contribution is -0.179. The maximum Gasteiger partial charge on any atom is 0.263 e. The molecule has 1 unspecified atom stereocenters. The summed E-state index contributed by atoms with van der Waals surface area (Å²) in [6.07, 6.45) is 3.76. The van der Waals surface area contributed by atoms with Crippen LogP contribution >= 0.6 is 0 Å². The Morgan fingerprint density at radius 3 is 2.53 bits per heavy atom. The average Bonchev–Trinajstić information content (AvgIpc) is 2.94. The molecule has 2 saturated heterocycles. The molecule has 1 amide bonds. The number of nitrogens with one attached hydrogen (secondary N) is 2. The Hall–Kier alpha value is -0.690. The second kappa shape index (κ2) is 4.53. The molecule has 3 fully saturated rings. The third kappa shape index (κ3) is 2.30. The van der Waals surface area contributed by atoms with Gasteiger partial charge < -0.3 is 14.8 Å². The first-order chi connectivity index (χ1) is 8.27. The van der Waals surface area contributed by atoms with Gasteiger partial charge in [0.25, 0.3) is 5.91 Å². The van der Waals surface area contributed by atoms with Crippen molar-refractivity contribution in [1.29, 1.82) is 0 Å². The molecule has 6 nitrogen and oxygen atoms in total. The standard InChI is InChI=1S/C11H18N2O4/c14-10-9(7-17-13-10)12-8-1-3-11(4-2-8)15-5-6-16-11/h8-9,12H,1-7H2,(H,13,14). The maximum absolute atomic E-state index is 11.3. The largest absolute Gasteiger partial charge is 0.348 e. The Morgan fingerprint density at radius 1 is 1.24 bits per heavy atom. The quantitative estimate of drug-likeness (QED) is 0.695. The molecule has 17 heavy (non-hydrogen) atoms. The number of amides is 1. The van der Waals surface area contributed by atoms with Crippen molar-refractivity contribution in [3.63, 3.8) is 0 Å². The molecule has 1 aliphatic carbocycles. The van der Waals surface area contributed by atoms with Crippen molar-refractivity contribution in [3.8, 4) is 0 Å². The van der Waals surface area contributed by atoms with Gasteiger partial charge in [-0.05, 0) is 12.8 Å². The van der Waals surface area contributed by atoms with Crippen LogP contribution in [-0.4, -0.2) is 43.6 Å². The predicted octanol–water partition coefficient (Wildman–Crippen LogP) is -0.308. The van der Waals surface area contributed by atoms with Gasteiger partial charge in [-0.1, -0.05) is 0 Å². The van der Waals surface area contributed by atoms with Gasteiger partial charge in [-0.2, -0.15) is 0 Å². The zero-order chi connectivity index (χ0) is 11.7. The van der Waals surface area contributed by atoms with E-state index < -0.39 is 0 Å². The smallest absolute Gasteiger partial charge is 0.263 e. The highest BCUT2D eigenvalue weighted by atomic mass is 16.7. The van der Waals surface area contributed by atoms with Crippen molar-refractivity contribution in [3.05, 3.63) is 0 Å². The molecule has 96 valence electrons. The van der Waals surface area contributed by atoms with E-state index in [2.05, 4.69) is 10.8 Å². The molecule has 0 bridgehead atoms. The highest BCUT2D eigenvalue weighted by Gasteiger charge is 2.41. The van der Waals surface area contributed by atoms with E-state index in [0.717, 1.165) is 25.7 Å². The number of carbonyl (C=O) groups is 1. The van der Waals surface area contributed by atoms with Crippen molar-refractivity contribution in [2.75, 3.05) is 19.8 Å². The molecule has 1 atom stereocenters. The molecular formula is C11H18N2O4. The van der Waals surface area contributed by atoms with Crippen molar-refractivity contribution in [2.45, 2.75) is 43.6 Å².